The second-order valence-electron chi connectivity index (χ2n) is 3.33. The third-order valence-corrected chi connectivity index (χ3v) is 2.23. The third-order valence-electron chi connectivity index (χ3n) is 2.02. The van der Waals surface area contributed by atoms with E-state index in [4.69, 9.17) is 11.6 Å². The molecule has 0 aliphatic heterocycles. The number of benzene rings is 1. The van der Waals surface area contributed by atoms with Gasteiger partial charge in [0.2, 0.25) is 0 Å². The van der Waals surface area contributed by atoms with Gasteiger partial charge in [-0.05, 0) is 12.0 Å². The van der Waals surface area contributed by atoms with Gasteiger partial charge in [-0.15, -0.1) is 11.6 Å². The summed E-state index contributed by atoms with van der Waals surface area (Å²) in [5, 5.41) is 0. The number of alkyl halides is 4. The number of allylic oxidation sites excluding steroid dienone is 1. The Bertz CT molecular complexity index is 407. The first-order valence-electron chi connectivity index (χ1n) is 4.89. The van der Waals surface area contributed by atoms with Crippen molar-refractivity contribution in [2.24, 2.45) is 0 Å². The molecule has 1 nitrogen and oxygen atoms in total. The maximum atomic E-state index is 12.1. The molecule has 0 fully saturated rings. The van der Waals surface area contributed by atoms with Crippen LogP contribution in [0.3, 0.4) is 0 Å². The molecule has 17 heavy (non-hydrogen) atoms. The Labute approximate surface area is 102 Å². The van der Waals surface area contributed by atoms with Crippen LogP contribution in [0.4, 0.5) is 13.2 Å². The van der Waals surface area contributed by atoms with Crippen LogP contribution in [0.25, 0.3) is 6.08 Å². The average molecular weight is 263 g/mol. The number of ketones is 1. The standard InChI is InChI=1S/C12H10ClF3O/c13-8-2-1-3-9-4-6-10(7-5-9)11(17)12(14,15)16/h1,3-7H,2,8H2. The van der Waals surface area contributed by atoms with Crippen molar-refractivity contribution in [2.75, 3.05) is 5.88 Å². The summed E-state index contributed by atoms with van der Waals surface area (Å²) in [5.74, 6) is -1.34. The lowest BCUT2D eigenvalue weighted by Crippen LogP contribution is -2.22. The van der Waals surface area contributed by atoms with Crippen molar-refractivity contribution in [3.05, 3.63) is 41.5 Å². The lowest BCUT2D eigenvalue weighted by molar-refractivity contribution is -0.0885. The summed E-state index contributed by atoms with van der Waals surface area (Å²) in [6, 6.07) is 5.25. The summed E-state index contributed by atoms with van der Waals surface area (Å²) in [6.07, 6.45) is -0.585. The second kappa shape index (κ2) is 5.87. The van der Waals surface area contributed by atoms with Crippen molar-refractivity contribution in [2.45, 2.75) is 12.6 Å². The van der Waals surface area contributed by atoms with Crippen LogP contribution in [0.2, 0.25) is 0 Å². The van der Waals surface area contributed by atoms with Crippen molar-refractivity contribution >= 4 is 23.5 Å². The fourth-order valence-corrected chi connectivity index (χ4v) is 1.32. The van der Waals surface area contributed by atoms with Crippen LogP contribution >= 0.6 is 11.6 Å². The molecule has 1 aromatic carbocycles. The van der Waals surface area contributed by atoms with E-state index in [1.165, 1.54) is 12.1 Å². The van der Waals surface area contributed by atoms with Crippen molar-refractivity contribution in [1.82, 2.24) is 0 Å². The molecular weight excluding hydrogens is 253 g/mol. The van der Waals surface area contributed by atoms with Gasteiger partial charge in [-0.2, -0.15) is 13.2 Å². The van der Waals surface area contributed by atoms with E-state index < -0.39 is 12.0 Å². The topological polar surface area (TPSA) is 17.1 Å². The van der Waals surface area contributed by atoms with Gasteiger partial charge >= 0.3 is 6.18 Å². The molecule has 92 valence electrons. The Morgan fingerprint density at radius 2 is 1.82 bits per heavy atom. The van der Waals surface area contributed by atoms with Crippen LogP contribution < -0.4 is 0 Å². The first-order chi connectivity index (χ1) is 7.95. The van der Waals surface area contributed by atoms with E-state index in [1.54, 1.807) is 6.08 Å². The summed E-state index contributed by atoms with van der Waals surface area (Å²) < 4.78 is 36.3. The molecule has 0 aliphatic carbocycles. The van der Waals surface area contributed by atoms with Crippen LogP contribution in [0.5, 0.6) is 0 Å². The van der Waals surface area contributed by atoms with Crippen molar-refractivity contribution < 1.29 is 18.0 Å². The van der Waals surface area contributed by atoms with Crippen molar-refractivity contribution in [1.29, 1.82) is 0 Å². The molecule has 0 N–H and O–H groups in total. The molecule has 0 saturated heterocycles. The predicted molar refractivity (Wildman–Crippen MR) is 61.2 cm³/mol. The lowest BCUT2D eigenvalue weighted by atomic mass is 10.1. The second-order valence-corrected chi connectivity index (χ2v) is 3.71. The zero-order chi connectivity index (χ0) is 12.9. The molecule has 1 rings (SSSR count). The fraction of sp³-hybridized carbons (Fsp3) is 0.250. The fourth-order valence-electron chi connectivity index (χ4n) is 1.19. The molecule has 5 heteroatoms. The van der Waals surface area contributed by atoms with E-state index in [-0.39, 0.29) is 5.56 Å². The van der Waals surface area contributed by atoms with Crippen molar-refractivity contribution in [3.63, 3.8) is 0 Å². The first kappa shape index (κ1) is 13.8. The minimum atomic E-state index is -4.82. The predicted octanol–water partition coefficient (Wildman–Crippen LogP) is 4.07. The van der Waals surface area contributed by atoms with E-state index in [0.29, 0.717) is 12.3 Å². The zero-order valence-electron chi connectivity index (χ0n) is 8.80. The number of hydrogen-bond donors (Lipinski definition) is 0. The smallest absolute Gasteiger partial charge is 0.284 e. The number of halogens is 4. The molecule has 0 radical (unpaired) electrons. The van der Waals surface area contributed by atoms with Gasteiger partial charge in [0.15, 0.2) is 0 Å². The molecule has 0 heterocycles. The molecule has 0 unspecified atom stereocenters. The van der Waals surface area contributed by atoms with Gasteiger partial charge in [0, 0.05) is 11.4 Å². The largest absolute Gasteiger partial charge is 0.454 e. The van der Waals surface area contributed by atoms with E-state index in [0.717, 1.165) is 17.7 Å². The normalized spacial score (nSPS) is 12.0. The maximum absolute atomic E-state index is 12.1. The summed E-state index contributed by atoms with van der Waals surface area (Å²) in [6.45, 7) is 0. The van der Waals surface area contributed by atoms with Crippen molar-refractivity contribution in [3.8, 4) is 0 Å². The van der Waals surface area contributed by atoms with E-state index in [2.05, 4.69) is 0 Å². The molecule has 0 aliphatic rings. The van der Waals surface area contributed by atoms with Gasteiger partial charge < -0.3 is 0 Å². The maximum Gasteiger partial charge on any atom is 0.454 e. The molecule has 0 saturated carbocycles. The van der Waals surface area contributed by atoms with E-state index in [9.17, 15) is 18.0 Å². The molecule has 0 spiro atoms. The Kier molecular flexibility index (Phi) is 4.75. The van der Waals surface area contributed by atoms with Gasteiger partial charge in [-0.3, -0.25) is 4.79 Å². The SMILES string of the molecule is O=C(c1ccc(C=CCCCl)cc1)C(F)(F)F. The van der Waals surface area contributed by atoms with Crippen LogP contribution in [-0.2, 0) is 0 Å². The third kappa shape index (κ3) is 4.23. The lowest BCUT2D eigenvalue weighted by Gasteiger charge is -2.04. The highest BCUT2D eigenvalue weighted by molar-refractivity contribution is 6.17. The van der Waals surface area contributed by atoms with Gasteiger partial charge in [-0.25, -0.2) is 0 Å². The van der Waals surface area contributed by atoms with E-state index >= 15 is 0 Å². The number of hydrogen-bond acceptors (Lipinski definition) is 1. The Balaban J connectivity index is 2.78. The monoisotopic (exact) mass is 262 g/mol. The summed E-state index contributed by atoms with van der Waals surface area (Å²) >= 11 is 5.46. The molecule has 0 aromatic heterocycles. The minimum Gasteiger partial charge on any atom is -0.284 e. The highest BCUT2D eigenvalue weighted by Gasteiger charge is 2.38. The quantitative estimate of drug-likeness (QED) is 0.590. The van der Waals surface area contributed by atoms with Gasteiger partial charge in [0.1, 0.15) is 0 Å². The summed E-state index contributed by atoms with van der Waals surface area (Å²) in [7, 11) is 0. The van der Waals surface area contributed by atoms with Crippen LogP contribution in [-0.4, -0.2) is 17.8 Å². The van der Waals surface area contributed by atoms with Gasteiger partial charge in [0.25, 0.3) is 5.78 Å². The van der Waals surface area contributed by atoms with E-state index in [1.807, 2.05) is 6.08 Å². The Morgan fingerprint density at radius 1 is 1.24 bits per heavy atom. The molecular formula is C12H10ClF3O. The highest BCUT2D eigenvalue weighted by Crippen LogP contribution is 2.21. The van der Waals surface area contributed by atoms with Gasteiger partial charge in [-0.1, -0.05) is 36.4 Å². The molecule has 0 amide bonds. The summed E-state index contributed by atoms with van der Waals surface area (Å²) in [4.78, 5) is 10.9. The first-order valence-corrected chi connectivity index (χ1v) is 5.42. The number of carbonyl (C=O) groups excluding carboxylic acids is 1. The molecule has 1 aromatic rings. The molecule has 0 bridgehead atoms. The zero-order valence-corrected chi connectivity index (χ0v) is 9.55. The summed E-state index contributed by atoms with van der Waals surface area (Å²) in [5.41, 5.74) is 0.376. The average Bonchev–Trinajstić information content (AvgIpc) is 2.28. The number of carbonyl (C=O) groups is 1. The van der Waals surface area contributed by atoms with Crippen LogP contribution in [0.15, 0.2) is 30.3 Å². The number of Topliss-reactive ketones (excluding diaryl/α,β-unsaturated/α-hetero) is 1. The van der Waals surface area contributed by atoms with Gasteiger partial charge in [0.05, 0.1) is 0 Å². The highest BCUT2D eigenvalue weighted by atomic mass is 35.5. The Hall–Kier alpha value is -1.29. The van der Waals surface area contributed by atoms with Crippen LogP contribution in [0, 0.1) is 0 Å². The minimum absolute atomic E-state index is 0.355. The van der Waals surface area contributed by atoms with Crippen LogP contribution in [0.1, 0.15) is 22.3 Å². The number of rotatable bonds is 4. The molecule has 0 atom stereocenters. The Morgan fingerprint density at radius 3 is 2.29 bits per heavy atom.